The second-order valence-corrected chi connectivity index (χ2v) is 8.40. The number of hydrogen-bond acceptors (Lipinski definition) is 4. The number of amides is 1. The fraction of sp³-hybridized carbons (Fsp3) is 0.304. The summed E-state index contributed by atoms with van der Waals surface area (Å²) in [5.74, 6) is 0.714. The van der Waals surface area contributed by atoms with Crippen molar-refractivity contribution in [2.24, 2.45) is 0 Å². The van der Waals surface area contributed by atoms with E-state index in [2.05, 4.69) is 37.2 Å². The number of nitrogens with one attached hydrogen (secondary N) is 1. The Labute approximate surface area is 194 Å². The molecule has 2 rings (SSSR count). The lowest BCUT2D eigenvalue weighted by Crippen LogP contribution is -2.32. The van der Waals surface area contributed by atoms with Crippen molar-refractivity contribution in [1.29, 1.82) is 5.26 Å². The van der Waals surface area contributed by atoms with Crippen LogP contribution < -0.4 is 14.8 Å². The molecule has 0 aliphatic carbocycles. The molecule has 5 nitrogen and oxygen atoms in total. The molecule has 0 saturated carbocycles. The molecule has 0 fully saturated rings. The first-order chi connectivity index (χ1) is 14.4. The summed E-state index contributed by atoms with van der Waals surface area (Å²) in [4.78, 5) is 12.3. The number of carbonyl (C=O) groups excluding carboxylic acids is 1. The predicted molar refractivity (Wildman–Crippen MR) is 125 cm³/mol. The standard InChI is InChI=1S/C23H24Br2N2O3/c1-4-15(3)27-23(28)18(13-26)10-17-11-20(25)22(21(12-17)29-5-2)30-14-16-6-8-19(24)9-7-16/h6-12,15H,4-5,14H2,1-3H3,(H,27,28)/b18-10+/t15-/m0/s1. The van der Waals surface area contributed by atoms with Crippen molar-refractivity contribution in [2.75, 3.05) is 6.61 Å². The molecular formula is C23H24Br2N2O3. The molecule has 0 heterocycles. The molecule has 0 spiro atoms. The summed E-state index contributed by atoms with van der Waals surface area (Å²) in [5, 5.41) is 12.2. The third-order valence-corrected chi connectivity index (χ3v) is 5.41. The van der Waals surface area contributed by atoms with E-state index in [1.165, 1.54) is 0 Å². The summed E-state index contributed by atoms with van der Waals surface area (Å²) >= 11 is 6.95. The molecule has 0 aromatic heterocycles. The van der Waals surface area contributed by atoms with Crippen LogP contribution in [0.15, 0.2) is 50.9 Å². The molecule has 7 heteroatoms. The molecule has 158 valence electrons. The molecule has 0 unspecified atom stereocenters. The Morgan fingerprint density at radius 2 is 1.90 bits per heavy atom. The van der Waals surface area contributed by atoms with Crippen LogP contribution in [0.2, 0.25) is 0 Å². The van der Waals surface area contributed by atoms with Crippen molar-refractivity contribution in [3.8, 4) is 17.6 Å². The van der Waals surface area contributed by atoms with Gasteiger partial charge in [-0.1, -0.05) is 35.0 Å². The minimum Gasteiger partial charge on any atom is -0.490 e. The van der Waals surface area contributed by atoms with Crippen LogP contribution in [0.3, 0.4) is 0 Å². The summed E-state index contributed by atoms with van der Waals surface area (Å²) in [6.07, 6.45) is 2.33. The van der Waals surface area contributed by atoms with Crippen molar-refractivity contribution in [1.82, 2.24) is 5.32 Å². The Kier molecular flexibility index (Phi) is 9.41. The smallest absolute Gasteiger partial charge is 0.262 e. The van der Waals surface area contributed by atoms with Crippen molar-refractivity contribution >= 4 is 43.8 Å². The zero-order valence-electron chi connectivity index (χ0n) is 17.2. The Hall–Kier alpha value is -2.30. The third-order valence-electron chi connectivity index (χ3n) is 4.29. The highest BCUT2D eigenvalue weighted by atomic mass is 79.9. The Balaban J connectivity index is 2.29. The second-order valence-electron chi connectivity index (χ2n) is 6.63. The van der Waals surface area contributed by atoms with Crippen LogP contribution in [0.25, 0.3) is 6.08 Å². The number of benzene rings is 2. The zero-order chi connectivity index (χ0) is 22.1. The predicted octanol–water partition coefficient (Wildman–Crippen LogP) is 6.01. The molecule has 1 N–H and O–H groups in total. The largest absolute Gasteiger partial charge is 0.490 e. The van der Waals surface area contributed by atoms with E-state index in [1.807, 2.05) is 51.1 Å². The molecule has 2 aromatic carbocycles. The van der Waals surface area contributed by atoms with E-state index in [-0.39, 0.29) is 11.6 Å². The summed E-state index contributed by atoms with van der Waals surface area (Å²) in [6.45, 7) is 6.58. The van der Waals surface area contributed by atoms with Gasteiger partial charge in [0.25, 0.3) is 5.91 Å². The highest BCUT2D eigenvalue weighted by Gasteiger charge is 2.15. The van der Waals surface area contributed by atoms with E-state index in [1.54, 1.807) is 18.2 Å². The van der Waals surface area contributed by atoms with Gasteiger partial charge in [0.2, 0.25) is 0 Å². The van der Waals surface area contributed by atoms with Crippen molar-refractivity contribution < 1.29 is 14.3 Å². The third kappa shape index (κ3) is 6.89. The first-order valence-corrected chi connectivity index (χ1v) is 11.2. The fourth-order valence-corrected chi connectivity index (χ4v) is 3.37. The molecule has 0 bridgehead atoms. The molecule has 1 amide bonds. The molecular weight excluding hydrogens is 512 g/mol. The topological polar surface area (TPSA) is 71.3 Å². The monoisotopic (exact) mass is 534 g/mol. The van der Waals surface area contributed by atoms with E-state index in [0.717, 1.165) is 16.5 Å². The Morgan fingerprint density at radius 3 is 2.50 bits per heavy atom. The average molecular weight is 536 g/mol. The lowest BCUT2D eigenvalue weighted by atomic mass is 10.1. The van der Waals surface area contributed by atoms with Crippen LogP contribution >= 0.6 is 31.9 Å². The first kappa shape index (κ1) is 24.0. The lowest BCUT2D eigenvalue weighted by Gasteiger charge is -2.15. The molecule has 0 radical (unpaired) electrons. The maximum Gasteiger partial charge on any atom is 0.262 e. The molecule has 2 aromatic rings. The van der Waals surface area contributed by atoms with E-state index in [9.17, 15) is 10.1 Å². The van der Waals surface area contributed by atoms with E-state index >= 15 is 0 Å². The highest BCUT2D eigenvalue weighted by molar-refractivity contribution is 9.10. The summed E-state index contributed by atoms with van der Waals surface area (Å²) < 4.78 is 13.4. The molecule has 0 aliphatic rings. The number of hydrogen-bond donors (Lipinski definition) is 1. The maximum absolute atomic E-state index is 12.3. The van der Waals surface area contributed by atoms with E-state index in [4.69, 9.17) is 9.47 Å². The molecule has 0 aliphatic heterocycles. The van der Waals surface area contributed by atoms with E-state index in [0.29, 0.717) is 34.7 Å². The van der Waals surface area contributed by atoms with Crippen LogP contribution in [0.4, 0.5) is 0 Å². The van der Waals surface area contributed by atoms with Crippen molar-refractivity contribution in [2.45, 2.75) is 39.8 Å². The van der Waals surface area contributed by atoms with Crippen LogP contribution in [0, 0.1) is 11.3 Å². The number of rotatable bonds is 9. The van der Waals surface area contributed by atoms with Crippen LogP contribution in [-0.2, 0) is 11.4 Å². The van der Waals surface area contributed by atoms with Gasteiger partial charge in [-0.2, -0.15) is 5.26 Å². The van der Waals surface area contributed by atoms with Gasteiger partial charge in [0.15, 0.2) is 11.5 Å². The van der Waals surface area contributed by atoms with Gasteiger partial charge in [0.05, 0.1) is 11.1 Å². The Morgan fingerprint density at radius 1 is 1.20 bits per heavy atom. The number of ether oxygens (including phenoxy) is 2. The van der Waals surface area contributed by atoms with Gasteiger partial charge < -0.3 is 14.8 Å². The van der Waals surface area contributed by atoms with Crippen LogP contribution in [-0.4, -0.2) is 18.6 Å². The van der Waals surface area contributed by atoms with Crippen LogP contribution in [0.5, 0.6) is 11.5 Å². The van der Waals surface area contributed by atoms with Gasteiger partial charge in [-0.25, -0.2) is 0 Å². The Bertz CT molecular complexity index is 950. The van der Waals surface area contributed by atoms with Crippen LogP contribution in [0.1, 0.15) is 38.3 Å². The van der Waals surface area contributed by atoms with Crippen molar-refractivity contribution in [3.05, 3.63) is 62.0 Å². The minimum absolute atomic E-state index is 0.00522. The maximum atomic E-state index is 12.3. The van der Waals surface area contributed by atoms with Crippen molar-refractivity contribution in [3.63, 3.8) is 0 Å². The van der Waals surface area contributed by atoms with Gasteiger partial charge in [-0.05, 0) is 77.7 Å². The highest BCUT2D eigenvalue weighted by Crippen LogP contribution is 2.38. The normalized spacial score (nSPS) is 12.1. The average Bonchev–Trinajstić information content (AvgIpc) is 2.72. The quantitative estimate of drug-likeness (QED) is 0.315. The number of carbonyl (C=O) groups is 1. The SMILES string of the molecule is CCOc1cc(/C=C(\C#N)C(=O)N[C@@H](C)CC)cc(Br)c1OCc1ccc(Br)cc1. The number of nitriles is 1. The van der Waals surface area contributed by atoms with Gasteiger partial charge in [-0.15, -0.1) is 0 Å². The summed E-state index contributed by atoms with van der Waals surface area (Å²) in [5.41, 5.74) is 1.72. The minimum atomic E-state index is -0.392. The lowest BCUT2D eigenvalue weighted by molar-refractivity contribution is -0.117. The first-order valence-electron chi connectivity index (χ1n) is 9.64. The van der Waals surface area contributed by atoms with Gasteiger partial charge >= 0.3 is 0 Å². The van der Waals surface area contributed by atoms with E-state index < -0.39 is 5.91 Å². The summed E-state index contributed by atoms with van der Waals surface area (Å²) in [6, 6.07) is 13.4. The summed E-state index contributed by atoms with van der Waals surface area (Å²) in [7, 11) is 0. The molecule has 0 saturated heterocycles. The molecule has 1 atom stereocenters. The van der Waals surface area contributed by atoms with Gasteiger partial charge in [0, 0.05) is 10.5 Å². The molecule has 30 heavy (non-hydrogen) atoms. The fourth-order valence-electron chi connectivity index (χ4n) is 2.53. The second kappa shape index (κ2) is 11.8. The van der Waals surface area contributed by atoms with Gasteiger partial charge in [-0.3, -0.25) is 4.79 Å². The number of nitrogens with zero attached hydrogens (tertiary/aromatic N) is 1. The number of halogens is 2. The zero-order valence-corrected chi connectivity index (χ0v) is 20.3. The van der Waals surface area contributed by atoms with Gasteiger partial charge in [0.1, 0.15) is 18.2 Å².